The minimum atomic E-state index is 0.671. The zero-order valence-electron chi connectivity index (χ0n) is 7.76. The summed E-state index contributed by atoms with van der Waals surface area (Å²) in [6.45, 7) is 8.66. The molecule has 0 spiro atoms. The van der Waals surface area contributed by atoms with Crippen molar-refractivity contribution in [1.82, 2.24) is 4.31 Å². The van der Waals surface area contributed by atoms with Crippen molar-refractivity contribution in [1.29, 1.82) is 0 Å². The van der Waals surface area contributed by atoms with Crippen LogP contribution in [0.25, 0.3) is 0 Å². The third-order valence-corrected chi connectivity index (χ3v) is 2.05. The molecule has 65 valence electrons. The molecule has 0 aromatic heterocycles. The quantitative estimate of drug-likeness (QED) is 0.567. The van der Waals surface area contributed by atoms with Crippen LogP contribution in [0.4, 0.5) is 0 Å². The van der Waals surface area contributed by atoms with Crippen LogP contribution >= 0.6 is 11.9 Å². The van der Waals surface area contributed by atoms with E-state index < -0.39 is 0 Å². The van der Waals surface area contributed by atoms with E-state index in [-0.39, 0.29) is 0 Å². The summed E-state index contributed by atoms with van der Waals surface area (Å²) in [7, 11) is 0. The van der Waals surface area contributed by atoms with Gasteiger partial charge in [0.05, 0.1) is 6.26 Å². The molecule has 0 aromatic carbocycles. The van der Waals surface area contributed by atoms with Gasteiger partial charge in [0, 0.05) is 13.1 Å². The molecule has 0 aliphatic rings. The topological polar surface area (TPSA) is 3.24 Å². The largest absolute Gasteiger partial charge is 0.250 e. The molecule has 0 aromatic rings. The van der Waals surface area contributed by atoms with Gasteiger partial charge in [-0.1, -0.05) is 39.1 Å². The maximum absolute atomic E-state index is 7.17. The van der Waals surface area contributed by atoms with Gasteiger partial charge in [-0.2, -0.15) is 0 Å². The van der Waals surface area contributed by atoms with Gasteiger partial charge in [0.2, 0.25) is 0 Å². The molecule has 0 N–H and O–H groups in total. The average molecular weight is 172 g/mol. The lowest BCUT2D eigenvalue weighted by molar-refractivity contribution is 0.400. The summed E-state index contributed by atoms with van der Waals surface area (Å²) in [5, 5.41) is 0. The van der Waals surface area contributed by atoms with Gasteiger partial charge in [-0.15, -0.1) is 0 Å². The molecule has 0 atom stereocenters. The van der Waals surface area contributed by atoms with Crippen molar-refractivity contribution < 1.29 is 0 Å². The number of unbranched alkanes of at least 4 members (excludes halogenated alkanes) is 1. The Hall–Kier alpha value is 0.310. The van der Waals surface area contributed by atoms with Gasteiger partial charge in [0.25, 0.3) is 0 Å². The van der Waals surface area contributed by atoms with Crippen LogP contribution in [0.15, 0.2) is 0 Å². The Bertz CT molecular complexity index is 83.6. The van der Waals surface area contributed by atoms with Crippen LogP contribution in [0, 0.1) is 12.2 Å². The highest BCUT2D eigenvalue weighted by Gasteiger charge is 2.04. The van der Waals surface area contributed by atoms with E-state index in [1.165, 1.54) is 12.8 Å². The van der Waals surface area contributed by atoms with Crippen LogP contribution in [0.1, 0.15) is 33.6 Å². The summed E-state index contributed by atoms with van der Waals surface area (Å²) in [5.74, 6) is 0.671. The highest BCUT2D eigenvalue weighted by molar-refractivity contribution is 7.98. The summed E-state index contributed by atoms with van der Waals surface area (Å²) in [5.41, 5.74) is 0. The zero-order chi connectivity index (χ0) is 8.69. The minimum Gasteiger partial charge on any atom is -0.250 e. The Morgan fingerprint density at radius 3 is 2.45 bits per heavy atom. The number of nitrogens with zero attached hydrogens (tertiary/aromatic N) is 1. The smallest absolute Gasteiger partial charge is 0.0874 e. The first kappa shape index (κ1) is 11.3. The fraction of sp³-hybridized carbons (Fsp3) is 0.889. The maximum Gasteiger partial charge on any atom is 0.0874 e. The van der Waals surface area contributed by atoms with E-state index in [1.54, 1.807) is 0 Å². The SMILES string of the molecule is [C]SN(CCCC)CC(C)C. The predicted octanol–water partition coefficient (Wildman–Crippen LogP) is 2.94. The molecule has 0 heterocycles. The second kappa shape index (κ2) is 6.99. The Kier molecular flexibility index (Phi) is 7.18. The lowest BCUT2D eigenvalue weighted by Gasteiger charge is -2.20. The predicted molar refractivity (Wildman–Crippen MR) is 52.2 cm³/mol. The summed E-state index contributed by atoms with van der Waals surface area (Å²) in [4.78, 5) is 0. The molecule has 0 aliphatic heterocycles. The second-order valence-electron chi connectivity index (χ2n) is 3.23. The zero-order valence-corrected chi connectivity index (χ0v) is 8.58. The second-order valence-corrected chi connectivity index (χ2v) is 3.93. The highest BCUT2D eigenvalue weighted by atomic mass is 32.2. The molecule has 11 heavy (non-hydrogen) atoms. The molecule has 0 rings (SSSR count). The van der Waals surface area contributed by atoms with Gasteiger partial charge >= 0.3 is 0 Å². The number of rotatable bonds is 6. The summed E-state index contributed by atoms with van der Waals surface area (Å²) in [6, 6.07) is 0. The van der Waals surface area contributed by atoms with Crippen molar-refractivity contribution in [3.05, 3.63) is 6.26 Å². The average Bonchev–Trinajstić information content (AvgIpc) is 1.97. The molecule has 0 bridgehead atoms. The van der Waals surface area contributed by atoms with E-state index in [9.17, 15) is 0 Å². The van der Waals surface area contributed by atoms with Crippen molar-refractivity contribution in [2.45, 2.75) is 33.6 Å². The standard InChI is InChI=1S/C9H18NS/c1-5-6-7-10(11-4)8-9(2)3/h9H,5-8H2,1-3H3. The molecule has 0 fully saturated rings. The monoisotopic (exact) mass is 172 g/mol. The van der Waals surface area contributed by atoms with Crippen LogP contribution in [-0.4, -0.2) is 17.4 Å². The Morgan fingerprint density at radius 1 is 1.45 bits per heavy atom. The molecular weight excluding hydrogens is 154 g/mol. The van der Waals surface area contributed by atoms with Crippen LogP contribution in [0.3, 0.4) is 0 Å². The lowest BCUT2D eigenvalue weighted by atomic mass is 10.2. The van der Waals surface area contributed by atoms with E-state index in [0.717, 1.165) is 25.0 Å². The summed E-state index contributed by atoms with van der Waals surface area (Å²) < 4.78 is 2.12. The Labute approximate surface area is 75.7 Å². The fourth-order valence-corrected chi connectivity index (χ4v) is 1.51. The molecule has 0 saturated carbocycles. The molecule has 0 aliphatic carbocycles. The van der Waals surface area contributed by atoms with Crippen molar-refractivity contribution >= 4 is 11.9 Å². The highest BCUT2D eigenvalue weighted by Crippen LogP contribution is 2.11. The van der Waals surface area contributed by atoms with Crippen LogP contribution in [0.5, 0.6) is 0 Å². The first-order chi connectivity index (χ1) is 5.20. The first-order valence-corrected chi connectivity index (χ1v) is 5.06. The van der Waals surface area contributed by atoms with Gasteiger partial charge in [-0.05, 0) is 12.3 Å². The van der Waals surface area contributed by atoms with Crippen molar-refractivity contribution in [2.24, 2.45) is 5.92 Å². The molecular formula is C9H18NS. The Morgan fingerprint density at radius 2 is 2.09 bits per heavy atom. The minimum absolute atomic E-state index is 0.671. The summed E-state index contributed by atoms with van der Waals surface area (Å²) in [6.07, 6.45) is 9.60. The fourth-order valence-electron chi connectivity index (χ4n) is 0.916. The first-order valence-electron chi connectivity index (χ1n) is 4.29. The van der Waals surface area contributed by atoms with E-state index in [1.807, 2.05) is 0 Å². The number of hydrogen-bond acceptors (Lipinski definition) is 2. The molecule has 0 saturated heterocycles. The van der Waals surface area contributed by atoms with Crippen molar-refractivity contribution in [2.75, 3.05) is 13.1 Å². The van der Waals surface area contributed by atoms with E-state index >= 15 is 0 Å². The van der Waals surface area contributed by atoms with Gasteiger partial charge in [0.15, 0.2) is 0 Å². The van der Waals surface area contributed by atoms with Gasteiger partial charge in [-0.25, -0.2) is 4.31 Å². The van der Waals surface area contributed by atoms with Crippen molar-refractivity contribution in [3.8, 4) is 0 Å². The van der Waals surface area contributed by atoms with Crippen LogP contribution in [-0.2, 0) is 0 Å². The number of hydrogen-bond donors (Lipinski definition) is 0. The third kappa shape index (κ3) is 6.70. The molecule has 2 heteroatoms. The summed E-state index contributed by atoms with van der Waals surface area (Å²) >= 11 is 1.12. The van der Waals surface area contributed by atoms with Gasteiger partial charge < -0.3 is 0 Å². The maximum atomic E-state index is 7.17. The lowest BCUT2D eigenvalue weighted by Crippen LogP contribution is -2.21. The molecule has 0 amide bonds. The molecule has 1 nitrogen and oxygen atoms in total. The van der Waals surface area contributed by atoms with Gasteiger partial charge in [-0.3, -0.25) is 0 Å². The molecule has 0 unspecified atom stereocenters. The third-order valence-electron chi connectivity index (χ3n) is 1.46. The Balaban J connectivity index is 3.41. The van der Waals surface area contributed by atoms with Crippen molar-refractivity contribution in [3.63, 3.8) is 0 Å². The normalized spacial score (nSPS) is 11.5. The van der Waals surface area contributed by atoms with Crippen LogP contribution < -0.4 is 0 Å². The van der Waals surface area contributed by atoms with E-state index in [0.29, 0.717) is 5.92 Å². The van der Waals surface area contributed by atoms with Crippen LogP contribution in [0.2, 0.25) is 0 Å². The van der Waals surface area contributed by atoms with Gasteiger partial charge in [0.1, 0.15) is 0 Å². The van der Waals surface area contributed by atoms with E-state index in [2.05, 4.69) is 25.1 Å². The van der Waals surface area contributed by atoms with E-state index in [4.69, 9.17) is 6.26 Å². The molecule has 3 radical (unpaired) electrons.